The Labute approximate surface area is 77.3 Å². The molecule has 1 aromatic rings. The molecule has 0 radical (unpaired) electrons. The fourth-order valence-electron chi connectivity index (χ4n) is 0.747. The Morgan fingerprint density at radius 1 is 1.75 bits per heavy atom. The SMILES string of the molecule is COc1cnc(Br)cc1C(=O)O. The lowest BCUT2D eigenvalue weighted by atomic mass is 10.2. The Morgan fingerprint density at radius 3 is 2.92 bits per heavy atom. The van der Waals surface area contributed by atoms with Gasteiger partial charge in [0, 0.05) is 0 Å². The minimum Gasteiger partial charge on any atom is -0.494 e. The molecule has 0 aliphatic heterocycles. The third-order valence-electron chi connectivity index (χ3n) is 1.28. The molecular weight excluding hydrogens is 226 g/mol. The minimum atomic E-state index is -1.03. The molecule has 1 N–H and O–H groups in total. The van der Waals surface area contributed by atoms with Crippen molar-refractivity contribution < 1.29 is 14.6 Å². The van der Waals surface area contributed by atoms with Crippen LogP contribution in [0.2, 0.25) is 0 Å². The standard InChI is InChI=1S/C7H6BrNO3/c1-12-5-3-9-6(8)2-4(5)7(10)11/h2-3H,1H3,(H,10,11). The number of methoxy groups -OCH3 is 1. The van der Waals surface area contributed by atoms with Gasteiger partial charge in [-0.15, -0.1) is 0 Å². The lowest BCUT2D eigenvalue weighted by Crippen LogP contribution is -2.01. The van der Waals surface area contributed by atoms with E-state index in [0.29, 0.717) is 4.60 Å². The van der Waals surface area contributed by atoms with Crippen molar-refractivity contribution in [2.75, 3.05) is 7.11 Å². The van der Waals surface area contributed by atoms with Crippen LogP contribution in [0.5, 0.6) is 5.75 Å². The van der Waals surface area contributed by atoms with E-state index < -0.39 is 5.97 Å². The van der Waals surface area contributed by atoms with Crippen molar-refractivity contribution in [1.82, 2.24) is 4.98 Å². The Kier molecular flexibility index (Phi) is 2.65. The number of pyridine rings is 1. The summed E-state index contributed by atoms with van der Waals surface area (Å²) in [5, 5.41) is 8.69. The van der Waals surface area contributed by atoms with E-state index in [1.165, 1.54) is 19.4 Å². The number of halogens is 1. The molecule has 5 heteroatoms. The van der Waals surface area contributed by atoms with Gasteiger partial charge >= 0.3 is 5.97 Å². The summed E-state index contributed by atoms with van der Waals surface area (Å²) >= 11 is 3.06. The number of aromatic nitrogens is 1. The van der Waals surface area contributed by atoms with Crippen molar-refractivity contribution in [1.29, 1.82) is 0 Å². The quantitative estimate of drug-likeness (QED) is 0.786. The van der Waals surface area contributed by atoms with E-state index in [1.54, 1.807) is 0 Å². The first-order valence-corrected chi connectivity index (χ1v) is 3.87. The number of nitrogens with zero attached hydrogens (tertiary/aromatic N) is 1. The minimum absolute atomic E-state index is 0.0966. The van der Waals surface area contributed by atoms with Crippen LogP contribution in [0, 0.1) is 0 Å². The molecular formula is C7H6BrNO3. The summed E-state index contributed by atoms with van der Waals surface area (Å²) in [6, 6.07) is 1.39. The number of rotatable bonds is 2. The van der Waals surface area contributed by atoms with Crippen molar-refractivity contribution in [3.8, 4) is 5.75 Å². The smallest absolute Gasteiger partial charge is 0.339 e. The van der Waals surface area contributed by atoms with Crippen molar-refractivity contribution in [3.05, 3.63) is 22.4 Å². The van der Waals surface area contributed by atoms with Gasteiger partial charge in [0.2, 0.25) is 0 Å². The van der Waals surface area contributed by atoms with Gasteiger partial charge < -0.3 is 9.84 Å². The molecule has 0 saturated heterocycles. The number of aromatic carboxylic acids is 1. The molecule has 0 amide bonds. The molecule has 0 aliphatic carbocycles. The average Bonchev–Trinajstić information content (AvgIpc) is 2.04. The third kappa shape index (κ3) is 1.73. The van der Waals surface area contributed by atoms with Crippen LogP contribution < -0.4 is 4.74 Å². The second-order valence-electron chi connectivity index (χ2n) is 2.01. The first-order chi connectivity index (χ1) is 5.65. The summed E-state index contributed by atoms with van der Waals surface area (Å²) in [5.74, 6) is -0.777. The maximum atomic E-state index is 10.6. The first-order valence-electron chi connectivity index (χ1n) is 3.08. The van der Waals surface area contributed by atoms with Crippen LogP contribution >= 0.6 is 15.9 Å². The summed E-state index contributed by atoms with van der Waals surface area (Å²) in [6.07, 6.45) is 1.35. The second-order valence-corrected chi connectivity index (χ2v) is 2.82. The van der Waals surface area contributed by atoms with Crippen LogP contribution in [0.25, 0.3) is 0 Å². The lowest BCUT2D eigenvalue weighted by molar-refractivity contribution is 0.0693. The normalized spacial score (nSPS) is 9.50. The summed E-state index contributed by atoms with van der Waals surface area (Å²) in [4.78, 5) is 14.4. The topological polar surface area (TPSA) is 59.4 Å². The lowest BCUT2D eigenvalue weighted by Gasteiger charge is -2.02. The van der Waals surface area contributed by atoms with Crippen LogP contribution in [0.4, 0.5) is 0 Å². The van der Waals surface area contributed by atoms with Gasteiger partial charge in [0.1, 0.15) is 10.2 Å². The summed E-state index contributed by atoms with van der Waals surface area (Å²) in [6.45, 7) is 0. The van der Waals surface area contributed by atoms with Crippen molar-refractivity contribution in [2.24, 2.45) is 0 Å². The molecule has 0 fully saturated rings. The number of carboxylic acids is 1. The molecule has 4 nitrogen and oxygen atoms in total. The van der Waals surface area contributed by atoms with Gasteiger partial charge in [-0.3, -0.25) is 0 Å². The van der Waals surface area contributed by atoms with Crippen LogP contribution in [-0.2, 0) is 0 Å². The number of hydrogen-bond acceptors (Lipinski definition) is 3. The summed E-state index contributed by atoms with van der Waals surface area (Å²) < 4.78 is 5.27. The van der Waals surface area contributed by atoms with E-state index >= 15 is 0 Å². The van der Waals surface area contributed by atoms with E-state index in [-0.39, 0.29) is 11.3 Å². The van der Waals surface area contributed by atoms with Gasteiger partial charge in [-0.1, -0.05) is 0 Å². The Balaban J connectivity index is 3.21. The van der Waals surface area contributed by atoms with Gasteiger partial charge in [-0.2, -0.15) is 0 Å². The van der Waals surface area contributed by atoms with E-state index in [4.69, 9.17) is 9.84 Å². The highest BCUT2D eigenvalue weighted by Gasteiger charge is 2.11. The number of carboxylic acid groups (broad SMARTS) is 1. The molecule has 64 valence electrons. The zero-order valence-corrected chi connectivity index (χ0v) is 7.83. The Morgan fingerprint density at radius 2 is 2.42 bits per heavy atom. The monoisotopic (exact) mass is 231 g/mol. The van der Waals surface area contributed by atoms with Crippen molar-refractivity contribution in [2.45, 2.75) is 0 Å². The van der Waals surface area contributed by atoms with Gasteiger partial charge in [0.25, 0.3) is 0 Å². The molecule has 0 spiro atoms. The van der Waals surface area contributed by atoms with Crippen LogP contribution in [0.1, 0.15) is 10.4 Å². The first kappa shape index (κ1) is 8.99. The Bertz CT molecular complexity index is 314. The Hall–Kier alpha value is -1.10. The predicted molar refractivity (Wildman–Crippen MR) is 45.4 cm³/mol. The number of ether oxygens (including phenoxy) is 1. The maximum absolute atomic E-state index is 10.6. The molecule has 12 heavy (non-hydrogen) atoms. The predicted octanol–water partition coefficient (Wildman–Crippen LogP) is 1.55. The molecule has 0 bridgehead atoms. The summed E-state index contributed by atoms with van der Waals surface area (Å²) in [7, 11) is 1.40. The second kappa shape index (κ2) is 3.53. The molecule has 1 heterocycles. The highest BCUT2D eigenvalue weighted by atomic mass is 79.9. The largest absolute Gasteiger partial charge is 0.494 e. The number of carbonyl (C=O) groups is 1. The van der Waals surface area contributed by atoms with Crippen LogP contribution in [0.15, 0.2) is 16.9 Å². The van der Waals surface area contributed by atoms with Gasteiger partial charge in [0.05, 0.1) is 13.3 Å². The molecule has 0 unspecified atom stereocenters. The van der Waals surface area contributed by atoms with Gasteiger partial charge in [0.15, 0.2) is 5.75 Å². The van der Waals surface area contributed by atoms with Gasteiger partial charge in [-0.25, -0.2) is 9.78 Å². The molecule has 0 saturated carbocycles. The van der Waals surface area contributed by atoms with Crippen LogP contribution in [-0.4, -0.2) is 23.2 Å². The molecule has 1 rings (SSSR count). The van der Waals surface area contributed by atoms with Gasteiger partial charge in [-0.05, 0) is 22.0 Å². The van der Waals surface area contributed by atoms with Crippen molar-refractivity contribution in [3.63, 3.8) is 0 Å². The molecule has 0 aromatic carbocycles. The average molecular weight is 232 g/mol. The number of hydrogen-bond donors (Lipinski definition) is 1. The molecule has 0 atom stereocenters. The highest BCUT2D eigenvalue weighted by Crippen LogP contribution is 2.19. The van der Waals surface area contributed by atoms with E-state index in [1.807, 2.05) is 0 Å². The maximum Gasteiger partial charge on any atom is 0.339 e. The fraction of sp³-hybridized carbons (Fsp3) is 0.143. The van der Waals surface area contributed by atoms with E-state index in [2.05, 4.69) is 20.9 Å². The van der Waals surface area contributed by atoms with E-state index in [0.717, 1.165) is 0 Å². The van der Waals surface area contributed by atoms with Crippen LogP contribution in [0.3, 0.4) is 0 Å². The third-order valence-corrected chi connectivity index (χ3v) is 1.72. The van der Waals surface area contributed by atoms with Crippen molar-refractivity contribution >= 4 is 21.9 Å². The highest BCUT2D eigenvalue weighted by molar-refractivity contribution is 9.10. The zero-order valence-electron chi connectivity index (χ0n) is 6.24. The molecule has 0 aliphatic rings. The van der Waals surface area contributed by atoms with E-state index in [9.17, 15) is 4.79 Å². The molecule has 1 aromatic heterocycles. The summed E-state index contributed by atoms with van der Waals surface area (Å²) in [5.41, 5.74) is 0.0966. The zero-order chi connectivity index (χ0) is 9.14. The fourth-order valence-corrected chi connectivity index (χ4v) is 1.08.